The summed E-state index contributed by atoms with van der Waals surface area (Å²) in [4.78, 5) is 4.44. The zero-order chi connectivity index (χ0) is 29.4. The maximum absolute atomic E-state index is 6.53. The molecule has 4 heterocycles. The van der Waals surface area contributed by atoms with Crippen LogP contribution in [0.2, 0.25) is 0 Å². The van der Waals surface area contributed by atoms with Crippen molar-refractivity contribution < 1.29 is 9.15 Å². The Balaban J connectivity index is 1.23. The molecule has 0 aliphatic heterocycles. The minimum Gasteiger partial charge on any atom is -0.457 e. The second kappa shape index (κ2) is 9.28. The summed E-state index contributed by atoms with van der Waals surface area (Å²) in [5.74, 6) is 2.26. The monoisotopic (exact) mass is 571 g/mol. The molecular formula is C37H25N5O2. The number of hydrogen-bond donors (Lipinski definition) is 0. The van der Waals surface area contributed by atoms with Gasteiger partial charge in [-0.1, -0.05) is 54.6 Å². The summed E-state index contributed by atoms with van der Waals surface area (Å²) in [5.41, 5.74) is 7.27. The average molecular weight is 572 g/mol. The van der Waals surface area contributed by atoms with Gasteiger partial charge in [-0.3, -0.25) is 8.97 Å². The van der Waals surface area contributed by atoms with Crippen molar-refractivity contribution in [3.63, 3.8) is 0 Å². The van der Waals surface area contributed by atoms with Gasteiger partial charge in [-0.25, -0.2) is 4.98 Å². The number of para-hydroxylation sites is 2. The van der Waals surface area contributed by atoms with E-state index in [9.17, 15) is 0 Å². The number of pyridine rings is 1. The van der Waals surface area contributed by atoms with Crippen LogP contribution < -0.4 is 4.74 Å². The summed E-state index contributed by atoms with van der Waals surface area (Å²) in [7, 11) is 0. The van der Waals surface area contributed by atoms with Gasteiger partial charge in [0, 0.05) is 33.2 Å². The third kappa shape index (κ3) is 3.53. The molecule has 210 valence electrons. The summed E-state index contributed by atoms with van der Waals surface area (Å²) in [6.45, 7) is 4.24. The van der Waals surface area contributed by atoms with Crippen LogP contribution in [0.5, 0.6) is 11.5 Å². The van der Waals surface area contributed by atoms with Crippen LogP contribution in [0, 0.1) is 13.8 Å². The van der Waals surface area contributed by atoms with Crippen molar-refractivity contribution in [3.8, 4) is 28.9 Å². The minimum atomic E-state index is 0.514. The summed E-state index contributed by atoms with van der Waals surface area (Å²) >= 11 is 0. The number of rotatable bonds is 4. The highest BCUT2D eigenvalue weighted by molar-refractivity contribution is 6.13. The molecule has 0 saturated carbocycles. The normalized spacial score (nSPS) is 11.9. The predicted molar refractivity (Wildman–Crippen MR) is 174 cm³/mol. The molecule has 9 rings (SSSR count). The van der Waals surface area contributed by atoms with E-state index >= 15 is 0 Å². The van der Waals surface area contributed by atoms with Crippen molar-refractivity contribution in [1.29, 1.82) is 0 Å². The Hall–Kier alpha value is -5.95. The molecule has 0 fully saturated rings. The van der Waals surface area contributed by atoms with Crippen LogP contribution in [0.3, 0.4) is 0 Å². The van der Waals surface area contributed by atoms with Gasteiger partial charge in [-0.2, -0.15) is 0 Å². The SMILES string of the molecule is Cc1cccc(C)c1-c1nnc2c3cc(Oc4ccc5c6ccccc6n(-c6ncco6)c5c4)ccc3c3ccccc3n12. The van der Waals surface area contributed by atoms with Crippen LogP contribution in [0.1, 0.15) is 11.1 Å². The smallest absolute Gasteiger partial charge is 0.306 e. The van der Waals surface area contributed by atoms with Crippen molar-refractivity contribution in [2.75, 3.05) is 0 Å². The third-order valence-electron chi connectivity index (χ3n) is 8.53. The van der Waals surface area contributed by atoms with E-state index in [1.54, 1.807) is 12.5 Å². The molecule has 0 unspecified atom stereocenters. The van der Waals surface area contributed by atoms with Crippen molar-refractivity contribution >= 4 is 49.1 Å². The number of aryl methyl sites for hydroxylation is 2. The molecule has 0 saturated heterocycles. The minimum absolute atomic E-state index is 0.514. The van der Waals surface area contributed by atoms with Gasteiger partial charge in [0.2, 0.25) is 0 Å². The van der Waals surface area contributed by atoms with Gasteiger partial charge < -0.3 is 9.15 Å². The van der Waals surface area contributed by atoms with Crippen LogP contribution >= 0.6 is 0 Å². The molecule has 5 aromatic carbocycles. The van der Waals surface area contributed by atoms with Crippen molar-refractivity contribution in [1.82, 2.24) is 24.1 Å². The number of aromatic nitrogens is 5. The standard InChI is InChI=1S/C37H25N5O2/c1-22-8-7-9-23(2)34(22)36-40-39-35-30-20-24(14-16-26(30)27-10-3-6-13-32(27)42(35)36)44-25-15-17-29-28-11-4-5-12-31(28)41(33(29)21-25)37-38-18-19-43-37/h3-21H,1-2H3. The van der Waals surface area contributed by atoms with Crippen molar-refractivity contribution in [2.24, 2.45) is 0 Å². The van der Waals surface area contributed by atoms with Gasteiger partial charge in [0.05, 0.1) is 22.7 Å². The first-order valence-electron chi connectivity index (χ1n) is 14.5. The van der Waals surface area contributed by atoms with Crippen LogP contribution in [-0.2, 0) is 0 Å². The second-order valence-electron chi connectivity index (χ2n) is 11.1. The summed E-state index contributed by atoms with van der Waals surface area (Å²) < 4.78 is 16.5. The van der Waals surface area contributed by atoms with E-state index < -0.39 is 0 Å². The van der Waals surface area contributed by atoms with E-state index in [0.29, 0.717) is 17.5 Å². The summed E-state index contributed by atoms with van der Waals surface area (Å²) in [6.07, 6.45) is 3.25. The van der Waals surface area contributed by atoms with E-state index in [-0.39, 0.29) is 0 Å². The molecule has 4 aromatic heterocycles. The Morgan fingerprint density at radius 3 is 2.07 bits per heavy atom. The molecule has 44 heavy (non-hydrogen) atoms. The molecule has 0 N–H and O–H groups in total. The van der Waals surface area contributed by atoms with Gasteiger partial charge >= 0.3 is 6.01 Å². The molecule has 0 atom stereocenters. The molecular weight excluding hydrogens is 546 g/mol. The highest BCUT2D eigenvalue weighted by Gasteiger charge is 2.19. The van der Waals surface area contributed by atoms with Crippen LogP contribution in [0.4, 0.5) is 0 Å². The first-order valence-corrected chi connectivity index (χ1v) is 14.5. The first-order chi connectivity index (χ1) is 21.7. The largest absolute Gasteiger partial charge is 0.457 e. The van der Waals surface area contributed by atoms with E-state index in [1.165, 1.54) is 0 Å². The molecule has 9 aromatic rings. The van der Waals surface area contributed by atoms with Crippen LogP contribution in [-0.4, -0.2) is 24.1 Å². The fourth-order valence-corrected chi connectivity index (χ4v) is 6.60. The predicted octanol–water partition coefficient (Wildman–Crippen LogP) is 9.20. The molecule has 0 bridgehead atoms. The Labute approximate surface area is 251 Å². The van der Waals surface area contributed by atoms with E-state index in [1.807, 2.05) is 34.9 Å². The summed E-state index contributed by atoms with van der Waals surface area (Å²) in [5, 5.41) is 14.9. The second-order valence-corrected chi connectivity index (χ2v) is 11.1. The van der Waals surface area contributed by atoms with Crippen LogP contribution in [0.25, 0.3) is 66.5 Å². The van der Waals surface area contributed by atoms with Crippen molar-refractivity contribution in [2.45, 2.75) is 13.8 Å². The Bertz CT molecular complexity index is 2540. The number of nitrogens with zero attached hydrogens (tertiary/aromatic N) is 5. The topological polar surface area (TPSA) is 70.4 Å². The van der Waals surface area contributed by atoms with Gasteiger partial charge in [0.15, 0.2) is 11.5 Å². The molecule has 0 radical (unpaired) electrons. The Kier molecular flexibility index (Phi) is 5.19. The van der Waals surface area contributed by atoms with Gasteiger partial charge in [0.25, 0.3) is 0 Å². The van der Waals surface area contributed by atoms with Gasteiger partial charge in [-0.05, 0) is 72.8 Å². The highest BCUT2D eigenvalue weighted by atomic mass is 16.5. The molecule has 0 spiro atoms. The first kappa shape index (κ1) is 24.6. The number of oxazole rings is 1. The summed E-state index contributed by atoms with van der Waals surface area (Å²) in [6, 6.07) is 35.8. The molecule has 0 amide bonds. The lowest BCUT2D eigenvalue weighted by atomic mass is 10.0. The van der Waals surface area contributed by atoms with Gasteiger partial charge in [-0.15, -0.1) is 10.2 Å². The molecule has 0 aliphatic carbocycles. The number of fused-ring (bicyclic) bond motifs is 9. The zero-order valence-corrected chi connectivity index (χ0v) is 24.0. The quantitative estimate of drug-likeness (QED) is 0.197. The number of hydrogen-bond acceptors (Lipinski definition) is 5. The molecule has 0 aliphatic rings. The van der Waals surface area contributed by atoms with Gasteiger partial charge in [0.1, 0.15) is 17.8 Å². The maximum Gasteiger partial charge on any atom is 0.306 e. The fourth-order valence-electron chi connectivity index (χ4n) is 6.60. The highest BCUT2D eigenvalue weighted by Crippen LogP contribution is 2.38. The van der Waals surface area contributed by atoms with E-state index in [2.05, 4.69) is 96.0 Å². The molecule has 7 heteroatoms. The van der Waals surface area contributed by atoms with Crippen molar-refractivity contribution in [3.05, 3.63) is 127 Å². The lowest BCUT2D eigenvalue weighted by molar-refractivity contribution is 0.484. The van der Waals surface area contributed by atoms with E-state index in [4.69, 9.17) is 19.4 Å². The Morgan fingerprint density at radius 2 is 1.30 bits per heavy atom. The number of benzene rings is 5. The third-order valence-corrected chi connectivity index (χ3v) is 8.53. The average Bonchev–Trinajstić information content (AvgIpc) is 3.79. The number of ether oxygens (including phenoxy) is 1. The molecule has 7 nitrogen and oxygen atoms in total. The Morgan fingerprint density at radius 1 is 0.614 bits per heavy atom. The van der Waals surface area contributed by atoms with Crippen LogP contribution in [0.15, 0.2) is 120 Å². The maximum atomic E-state index is 6.53. The fraction of sp³-hybridized carbons (Fsp3) is 0.0541. The lowest BCUT2D eigenvalue weighted by Gasteiger charge is -2.13. The zero-order valence-electron chi connectivity index (χ0n) is 24.0. The van der Waals surface area contributed by atoms with E-state index in [0.717, 1.165) is 71.6 Å². The lowest BCUT2D eigenvalue weighted by Crippen LogP contribution is -1.97.